The van der Waals surface area contributed by atoms with Crippen LogP contribution in [0.25, 0.3) is 0 Å². The van der Waals surface area contributed by atoms with Gasteiger partial charge in [-0.25, -0.2) is 0 Å². The third-order valence-corrected chi connectivity index (χ3v) is 1.32. The van der Waals surface area contributed by atoms with Gasteiger partial charge in [0.15, 0.2) is 0 Å². The number of aliphatic hydroxyl groups is 1. The summed E-state index contributed by atoms with van der Waals surface area (Å²) in [7, 11) is 0. The first kappa shape index (κ1) is 4.31. The summed E-state index contributed by atoms with van der Waals surface area (Å²) in [6.07, 6.45) is -2.67. The van der Waals surface area contributed by atoms with Crippen LogP contribution < -0.4 is 5.32 Å². The number of rotatable bonds is 1. The fourth-order valence-corrected chi connectivity index (χ4v) is 0.759. The van der Waals surface area contributed by atoms with Crippen molar-refractivity contribution < 1.29 is 19.1 Å². The van der Waals surface area contributed by atoms with Crippen molar-refractivity contribution in [3.63, 3.8) is 0 Å². The molecule has 1 fully saturated rings. The van der Waals surface area contributed by atoms with Gasteiger partial charge in [-0.1, -0.05) is 0 Å². The molecule has 4 heteroatoms. The van der Waals surface area contributed by atoms with Gasteiger partial charge in [-0.2, -0.15) is 0 Å². The number of carboxylic acid groups (broad SMARTS) is 1. The molecule has 5 atom stereocenters. The first-order chi connectivity index (χ1) is 5.95. The molecule has 5 unspecified atom stereocenters. The SMILES string of the molecule is [2H]C1NC([2H])C(O)C(C(=O)O)C1[2H]. The summed E-state index contributed by atoms with van der Waals surface area (Å²) in [6, 6.07) is 0. The van der Waals surface area contributed by atoms with Crippen molar-refractivity contribution in [2.24, 2.45) is 5.92 Å². The highest BCUT2D eigenvalue weighted by atomic mass is 16.4. The second kappa shape index (κ2) is 2.98. The Bertz CT molecular complexity index is 201. The Kier molecular flexibility index (Phi) is 1.29. The van der Waals surface area contributed by atoms with E-state index in [0.717, 1.165) is 0 Å². The molecule has 1 aliphatic rings. The van der Waals surface area contributed by atoms with Crippen molar-refractivity contribution in [3.8, 4) is 0 Å². The number of β-amino-alcohol motifs (C(OH)–C–C–N with tert-alkyl or cyclic N) is 1. The molecule has 0 aliphatic carbocycles. The maximum Gasteiger partial charge on any atom is 0.309 e. The summed E-state index contributed by atoms with van der Waals surface area (Å²) in [4.78, 5) is 10.6. The second-order valence-corrected chi connectivity index (χ2v) is 2.05. The van der Waals surface area contributed by atoms with E-state index in [9.17, 15) is 9.90 Å². The standard InChI is InChI=1S/C6H11NO3/c8-5-3-7-2-1-4(5)6(9)10/h4-5,7-8H,1-3H2,(H,9,10)/i1D,2D,3D. The first-order valence-electron chi connectivity index (χ1n) is 4.62. The number of piperidine rings is 1. The minimum Gasteiger partial charge on any atom is -0.481 e. The van der Waals surface area contributed by atoms with Crippen LogP contribution in [-0.4, -0.2) is 35.3 Å². The summed E-state index contributed by atoms with van der Waals surface area (Å²) in [5.74, 6) is -2.69. The molecule has 0 radical (unpaired) electrons. The lowest BCUT2D eigenvalue weighted by Crippen LogP contribution is -2.43. The second-order valence-electron chi connectivity index (χ2n) is 2.05. The molecule has 58 valence electrons. The van der Waals surface area contributed by atoms with Crippen LogP contribution >= 0.6 is 0 Å². The van der Waals surface area contributed by atoms with Gasteiger partial charge in [0.05, 0.1) is 12.0 Å². The zero-order chi connectivity index (χ0) is 10.2. The van der Waals surface area contributed by atoms with E-state index in [1.54, 1.807) is 0 Å². The van der Waals surface area contributed by atoms with Gasteiger partial charge in [0.25, 0.3) is 0 Å². The fraction of sp³-hybridized carbons (Fsp3) is 0.833. The zero-order valence-corrected chi connectivity index (χ0v) is 5.19. The van der Waals surface area contributed by atoms with Crippen molar-refractivity contribution >= 4 is 5.97 Å². The van der Waals surface area contributed by atoms with Crippen LogP contribution in [-0.2, 0) is 4.79 Å². The summed E-state index contributed by atoms with van der Waals surface area (Å²) in [6.45, 7) is -2.34. The fourth-order valence-electron chi connectivity index (χ4n) is 0.759. The lowest BCUT2D eigenvalue weighted by Gasteiger charge is -2.24. The van der Waals surface area contributed by atoms with Gasteiger partial charge in [0.1, 0.15) is 0 Å². The molecular formula is C6H11NO3. The molecule has 0 amide bonds. The maximum absolute atomic E-state index is 10.6. The van der Waals surface area contributed by atoms with Crippen molar-refractivity contribution in [2.75, 3.05) is 13.0 Å². The smallest absolute Gasteiger partial charge is 0.309 e. The Hall–Kier alpha value is -0.610. The van der Waals surface area contributed by atoms with Gasteiger partial charge >= 0.3 is 5.97 Å². The number of hydrogen-bond donors (Lipinski definition) is 3. The van der Waals surface area contributed by atoms with E-state index in [2.05, 4.69) is 5.32 Å². The quantitative estimate of drug-likeness (QED) is 0.448. The third-order valence-electron chi connectivity index (χ3n) is 1.32. The lowest BCUT2D eigenvalue weighted by molar-refractivity contribution is -0.146. The van der Waals surface area contributed by atoms with Crippen LogP contribution in [0.5, 0.6) is 0 Å². The van der Waals surface area contributed by atoms with Gasteiger partial charge in [-0.15, -0.1) is 0 Å². The van der Waals surface area contributed by atoms with Gasteiger partial charge in [0.2, 0.25) is 0 Å². The summed E-state index contributed by atoms with van der Waals surface area (Å²) >= 11 is 0. The molecule has 0 saturated carbocycles. The van der Waals surface area contributed by atoms with Crippen LogP contribution in [0.2, 0.25) is 0 Å². The highest BCUT2D eigenvalue weighted by Gasteiger charge is 2.28. The maximum atomic E-state index is 10.6. The molecule has 0 aromatic heterocycles. The van der Waals surface area contributed by atoms with Crippen molar-refractivity contribution in [1.29, 1.82) is 0 Å². The average Bonchev–Trinajstić information content (AvgIpc) is 2.01. The van der Waals surface area contributed by atoms with E-state index in [-0.39, 0.29) is 0 Å². The number of hydrogen-bond acceptors (Lipinski definition) is 3. The molecule has 1 saturated heterocycles. The molecule has 1 aliphatic heterocycles. The predicted octanol–water partition coefficient (Wildman–Crippen LogP) is -0.959. The Balaban J connectivity index is 2.82. The van der Waals surface area contributed by atoms with Crippen LogP contribution in [0, 0.1) is 5.92 Å². The Morgan fingerprint density at radius 2 is 2.50 bits per heavy atom. The number of nitrogens with one attached hydrogen (secondary N) is 1. The van der Waals surface area contributed by atoms with Crippen LogP contribution in [0.15, 0.2) is 0 Å². The summed E-state index contributed by atoms with van der Waals surface area (Å²) in [5, 5.41) is 20.2. The molecule has 0 spiro atoms. The highest BCUT2D eigenvalue weighted by molar-refractivity contribution is 5.70. The van der Waals surface area contributed by atoms with E-state index in [1.807, 2.05) is 0 Å². The van der Waals surface area contributed by atoms with Crippen molar-refractivity contribution in [3.05, 3.63) is 0 Å². The van der Waals surface area contributed by atoms with E-state index < -0.39 is 37.4 Å². The molecule has 4 nitrogen and oxygen atoms in total. The largest absolute Gasteiger partial charge is 0.481 e. The van der Waals surface area contributed by atoms with Gasteiger partial charge in [-0.05, 0) is 12.9 Å². The van der Waals surface area contributed by atoms with Gasteiger partial charge in [0, 0.05) is 10.6 Å². The van der Waals surface area contributed by atoms with Crippen molar-refractivity contribution in [1.82, 2.24) is 5.32 Å². The van der Waals surface area contributed by atoms with Crippen LogP contribution in [0.3, 0.4) is 0 Å². The summed E-state index contributed by atoms with van der Waals surface area (Å²) < 4.78 is 21.7. The Morgan fingerprint density at radius 3 is 3.10 bits per heavy atom. The van der Waals surface area contributed by atoms with Gasteiger partial charge < -0.3 is 15.5 Å². The predicted molar refractivity (Wildman–Crippen MR) is 34.6 cm³/mol. The molecular weight excluding hydrogens is 134 g/mol. The average molecular weight is 148 g/mol. The van der Waals surface area contributed by atoms with Crippen molar-refractivity contribution in [2.45, 2.75) is 12.5 Å². The first-order valence-corrected chi connectivity index (χ1v) is 2.89. The zero-order valence-electron chi connectivity index (χ0n) is 8.19. The van der Waals surface area contributed by atoms with E-state index in [4.69, 9.17) is 9.22 Å². The Morgan fingerprint density at radius 1 is 1.80 bits per heavy atom. The molecule has 1 rings (SSSR count). The monoisotopic (exact) mass is 148 g/mol. The molecule has 3 N–H and O–H groups in total. The van der Waals surface area contributed by atoms with E-state index in [0.29, 0.717) is 0 Å². The molecule has 0 aromatic rings. The third kappa shape index (κ3) is 1.46. The molecule has 10 heavy (non-hydrogen) atoms. The topological polar surface area (TPSA) is 69.6 Å². The number of aliphatic hydroxyl groups excluding tert-OH is 1. The molecule has 0 bridgehead atoms. The van der Waals surface area contributed by atoms with Crippen LogP contribution in [0.1, 0.15) is 10.5 Å². The number of carboxylic acids is 1. The Labute approximate surface area is 63.1 Å². The molecule has 1 heterocycles. The lowest BCUT2D eigenvalue weighted by atomic mass is 9.96. The summed E-state index contributed by atoms with van der Waals surface area (Å²) in [5.41, 5.74) is 0. The van der Waals surface area contributed by atoms with E-state index in [1.165, 1.54) is 0 Å². The molecule has 0 aromatic carbocycles. The van der Waals surface area contributed by atoms with E-state index >= 15 is 0 Å². The normalized spacial score (nSPS) is 60.1. The van der Waals surface area contributed by atoms with Crippen LogP contribution in [0.4, 0.5) is 0 Å². The van der Waals surface area contributed by atoms with Gasteiger partial charge in [-0.3, -0.25) is 4.79 Å². The minimum absolute atomic E-state index is 1.13. The number of aliphatic carboxylic acids is 1. The minimum atomic E-state index is -1.43. The highest BCUT2D eigenvalue weighted by Crippen LogP contribution is 2.11. The number of carbonyl (C=O) groups is 1.